The molecule has 0 atom stereocenters. The van der Waals surface area contributed by atoms with E-state index in [9.17, 15) is 4.79 Å². The van der Waals surface area contributed by atoms with Crippen molar-refractivity contribution in [3.63, 3.8) is 0 Å². The largest absolute Gasteiger partial charge is 0.492 e. The van der Waals surface area contributed by atoms with Crippen molar-refractivity contribution in [3.8, 4) is 11.5 Å². The average molecular weight is 264 g/mol. The summed E-state index contributed by atoms with van der Waals surface area (Å²) in [4.78, 5) is 12.8. The van der Waals surface area contributed by atoms with Crippen molar-refractivity contribution in [2.75, 3.05) is 13.2 Å². The number of hydrogen-bond acceptors (Lipinski definition) is 4. The highest BCUT2D eigenvalue weighted by atomic mass is 32.1. The third kappa shape index (κ3) is 1.70. The van der Waals surface area contributed by atoms with Crippen LogP contribution in [0.15, 0.2) is 4.90 Å². The van der Waals surface area contributed by atoms with Gasteiger partial charge in [-0.3, -0.25) is 4.79 Å². The van der Waals surface area contributed by atoms with E-state index in [0.717, 1.165) is 58.8 Å². The SMILES string of the molecule is CC(=O)c1c2c(c(S)c3c1OCCC3)OCCC2. The van der Waals surface area contributed by atoms with Crippen LogP contribution in [0.25, 0.3) is 0 Å². The Hall–Kier alpha value is -1.16. The molecule has 0 aromatic heterocycles. The summed E-state index contributed by atoms with van der Waals surface area (Å²) in [7, 11) is 0. The molecular formula is C14H16O3S. The molecule has 96 valence electrons. The number of thiol groups is 1. The Kier molecular flexibility index (Phi) is 2.98. The summed E-state index contributed by atoms with van der Waals surface area (Å²) >= 11 is 4.59. The summed E-state index contributed by atoms with van der Waals surface area (Å²) in [6.07, 6.45) is 3.69. The number of benzene rings is 1. The molecule has 3 rings (SSSR count). The molecule has 0 spiro atoms. The quantitative estimate of drug-likeness (QED) is 0.626. The Labute approximate surface area is 112 Å². The minimum atomic E-state index is 0.0585. The van der Waals surface area contributed by atoms with Crippen LogP contribution < -0.4 is 9.47 Å². The van der Waals surface area contributed by atoms with E-state index in [-0.39, 0.29) is 5.78 Å². The van der Waals surface area contributed by atoms with Gasteiger partial charge in [-0.2, -0.15) is 0 Å². The summed E-state index contributed by atoms with van der Waals surface area (Å²) in [5.41, 5.74) is 2.74. The van der Waals surface area contributed by atoms with Crippen molar-refractivity contribution >= 4 is 18.4 Å². The summed E-state index contributed by atoms with van der Waals surface area (Å²) in [6.45, 7) is 2.98. The molecular weight excluding hydrogens is 248 g/mol. The Morgan fingerprint density at radius 3 is 2.33 bits per heavy atom. The van der Waals surface area contributed by atoms with E-state index in [1.807, 2.05) is 0 Å². The molecule has 0 radical (unpaired) electrons. The van der Waals surface area contributed by atoms with Gasteiger partial charge in [-0.25, -0.2) is 0 Å². The minimum Gasteiger partial charge on any atom is -0.492 e. The number of ether oxygens (including phenoxy) is 2. The Balaban J connectivity index is 2.31. The molecule has 0 fully saturated rings. The van der Waals surface area contributed by atoms with Gasteiger partial charge in [0.15, 0.2) is 5.78 Å². The van der Waals surface area contributed by atoms with Gasteiger partial charge in [0, 0.05) is 11.1 Å². The lowest BCUT2D eigenvalue weighted by Gasteiger charge is -2.28. The first-order chi connectivity index (χ1) is 8.70. The fourth-order valence-electron chi connectivity index (χ4n) is 2.79. The van der Waals surface area contributed by atoms with Gasteiger partial charge in [-0.1, -0.05) is 0 Å². The summed E-state index contributed by atoms with van der Waals surface area (Å²) in [5.74, 6) is 1.62. The first kappa shape index (κ1) is 11.9. The van der Waals surface area contributed by atoms with E-state index in [2.05, 4.69) is 12.6 Å². The van der Waals surface area contributed by atoms with Crippen molar-refractivity contribution in [2.24, 2.45) is 0 Å². The molecule has 0 N–H and O–H groups in total. The zero-order chi connectivity index (χ0) is 12.7. The lowest BCUT2D eigenvalue weighted by Crippen LogP contribution is -2.19. The van der Waals surface area contributed by atoms with Gasteiger partial charge >= 0.3 is 0 Å². The molecule has 1 aromatic rings. The van der Waals surface area contributed by atoms with Crippen LogP contribution in [0.5, 0.6) is 11.5 Å². The molecule has 0 saturated carbocycles. The van der Waals surface area contributed by atoms with Crippen LogP contribution in [-0.4, -0.2) is 19.0 Å². The van der Waals surface area contributed by atoms with Crippen LogP contribution >= 0.6 is 12.6 Å². The van der Waals surface area contributed by atoms with Gasteiger partial charge in [0.25, 0.3) is 0 Å². The normalized spacial score (nSPS) is 17.2. The third-order valence-electron chi connectivity index (χ3n) is 3.57. The first-order valence-electron chi connectivity index (χ1n) is 6.37. The number of carbonyl (C=O) groups is 1. The van der Waals surface area contributed by atoms with Gasteiger partial charge in [0.05, 0.1) is 23.7 Å². The van der Waals surface area contributed by atoms with Crippen molar-refractivity contribution in [1.29, 1.82) is 0 Å². The van der Waals surface area contributed by atoms with Crippen LogP contribution in [0.3, 0.4) is 0 Å². The molecule has 0 unspecified atom stereocenters. The fourth-order valence-corrected chi connectivity index (χ4v) is 3.21. The van der Waals surface area contributed by atoms with Gasteiger partial charge in [-0.05, 0) is 32.6 Å². The predicted octanol–water partition coefficient (Wildman–Crippen LogP) is 2.83. The lowest BCUT2D eigenvalue weighted by molar-refractivity contribution is 0.101. The molecule has 3 nitrogen and oxygen atoms in total. The maximum atomic E-state index is 11.9. The molecule has 0 bridgehead atoms. The smallest absolute Gasteiger partial charge is 0.163 e. The van der Waals surface area contributed by atoms with Gasteiger partial charge in [0.2, 0.25) is 0 Å². The molecule has 18 heavy (non-hydrogen) atoms. The standard InChI is InChI=1S/C14H16O3S/c1-8(15)11-9-4-2-7-17-13(9)14(18)10-5-3-6-16-12(10)11/h18H,2-7H2,1H3. The van der Waals surface area contributed by atoms with Crippen molar-refractivity contribution < 1.29 is 14.3 Å². The molecule has 0 amide bonds. The second kappa shape index (κ2) is 4.50. The zero-order valence-electron chi connectivity index (χ0n) is 10.4. The topological polar surface area (TPSA) is 35.5 Å². The van der Waals surface area contributed by atoms with E-state index >= 15 is 0 Å². The van der Waals surface area contributed by atoms with E-state index in [1.54, 1.807) is 6.92 Å². The van der Waals surface area contributed by atoms with Crippen LogP contribution in [0.1, 0.15) is 41.3 Å². The summed E-state index contributed by atoms with van der Waals surface area (Å²) in [6, 6.07) is 0. The van der Waals surface area contributed by atoms with Crippen molar-refractivity contribution in [3.05, 3.63) is 16.7 Å². The Morgan fingerprint density at radius 2 is 1.67 bits per heavy atom. The third-order valence-corrected chi connectivity index (χ3v) is 4.04. The van der Waals surface area contributed by atoms with Crippen molar-refractivity contribution in [2.45, 2.75) is 37.5 Å². The van der Waals surface area contributed by atoms with Gasteiger partial charge in [-0.15, -0.1) is 12.6 Å². The number of ketones is 1. The van der Waals surface area contributed by atoms with E-state index < -0.39 is 0 Å². The molecule has 0 saturated heterocycles. The van der Waals surface area contributed by atoms with Gasteiger partial charge in [0.1, 0.15) is 11.5 Å². The molecule has 0 aliphatic carbocycles. The summed E-state index contributed by atoms with van der Waals surface area (Å²) in [5, 5.41) is 0. The maximum Gasteiger partial charge on any atom is 0.163 e. The number of hydrogen-bond donors (Lipinski definition) is 1. The number of Topliss-reactive ketones (excluding diaryl/α,β-unsaturated/α-hetero) is 1. The minimum absolute atomic E-state index is 0.0585. The summed E-state index contributed by atoms with van der Waals surface area (Å²) < 4.78 is 11.5. The highest BCUT2D eigenvalue weighted by molar-refractivity contribution is 7.80. The fraction of sp³-hybridized carbons (Fsp3) is 0.500. The highest BCUT2D eigenvalue weighted by Crippen LogP contribution is 2.45. The number of rotatable bonds is 1. The van der Waals surface area contributed by atoms with Crippen LogP contribution in [0, 0.1) is 0 Å². The lowest BCUT2D eigenvalue weighted by atomic mass is 9.91. The molecule has 2 heterocycles. The van der Waals surface area contributed by atoms with Crippen molar-refractivity contribution in [1.82, 2.24) is 0 Å². The Bertz CT molecular complexity index is 485. The van der Waals surface area contributed by atoms with E-state index in [4.69, 9.17) is 9.47 Å². The van der Waals surface area contributed by atoms with Gasteiger partial charge < -0.3 is 9.47 Å². The molecule has 2 aliphatic heterocycles. The van der Waals surface area contributed by atoms with Crippen LogP contribution in [0.4, 0.5) is 0 Å². The second-order valence-corrected chi connectivity index (χ2v) is 5.25. The van der Waals surface area contributed by atoms with Crippen LogP contribution in [-0.2, 0) is 12.8 Å². The maximum absolute atomic E-state index is 11.9. The monoisotopic (exact) mass is 264 g/mol. The van der Waals surface area contributed by atoms with E-state index in [0.29, 0.717) is 13.2 Å². The van der Waals surface area contributed by atoms with Crippen LogP contribution in [0.2, 0.25) is 0 Å². The number of fused-ring (bicyclic) bond motifs is 2. The Morgan fingerprint density at radius 1 is 1.06 bits per heavy atom. The molecule has 1 aromatic carbocycles. The highest BCUT2D eigenvalue weighted by Gasteiger charge is 2.29. The number of carbonyl (C=O) groups excluding carboxylic acids is 1. The van der Waals surface area contributed by atoms with E-state index in [1.165, 1.54) is 0 Å². The predicted molar refractivity (Wildman–Crippen MR) is 71.3 cm³/mol. The molecule has 2 aliphatic rings. The zero-order valence-corrected chi connectivity index (χ0v) is 11.3. The average Bonchev–Trinajstić information content (AvgIpc) is 2.39. The first-order valence-corrected chi connectivity index (χ1v) is 6.82. The molecule has 4 heteroatoms. The second-order valence-electron chi connectivity index (χ2n) is 4.80.